The number of aliphatic carboxylic acids is 1. The average molecular weight is 441 g/mol. The highest BCUT2D eigenvalue weighted by Gasteiger charge is 2.24. The van der Waals surface area contributed by atoms with Crippen LogP contribution in [0.15, 0.2) is 54.6 Å². The molecule has 32 heavy (non-hydrogen) atoms. The van der Waals surface area contributed by atoms with Gasteiger partial charge in [0.2, 0.25) is 0 Å². The molecule has 2 rings (SSSR count). The predicted molar refractivity (Wildman–Crippen MR) is 119 cm³/mol. The number of benzene rings is 2. The zero-order chi connectivity index (χ0) is 23.7. The lowest BCUT2D eigenvalue weighted by molar-refractivity contribution is -0.131. The Hall–Kier alpha value is -3.81. The fraction of sp³-hybridized carbons (Fsp3) is 0.292. The number of carbonyl (C=O) groups is 3. The van der Waals surface area contributed by atoms with Gasteiger partial charge in [-0.1, -0.05) is 19.1 Å². The first-order valence-electron chi connectivity index (χ1n) is 10.1. The van der Waals surface area contributed by atoms with Gasteiger partial charge < -0.3 is 19.7 Å². The molecule has 8 heteroatoms. The lowest BCUT2D eigenvalue weighted by Crippen LogP contribution is -2.22. The summed E-state index contributed by atoms with van der Waals surface area (Å²) in [6, 6.07) is 11.2. The number of nitrogens with one attached hydrogen (secondary N) is 1. The molecule has 0 unspecified atom stereocenters. The van der Waals surface area contributed by atoms with Crippen molar-refractivity contribution in [3.05, 3.63) is 65.7 Å². The van der Waals surface area contributed by atoms with Crippen molar-refractivity contribution in [2.75, 3.05) is 12.4 Å². The maximum absolute atomic E-state index is 12.6. The van der Waals surface area contributed by atoms with Crippen LogP contribution in [-0.2, 0) is 9.53 Å². The van der Waals surface area contributed by atoms with Crippen molar-refractivity contribution < 1.29 is 34.1 Å². The third kappa shape index (κ3) is 7.16. The second kappa shape index (κ2) is 11.5. The summed E-state index contributed by atoms with van der Waals surface area (Å²) in [6.07, 6.45) is 2.22. The molecule has 0 saturated carbocycles. The largest absolute Gasteiger partial charge is 0.504 e. The lowest BCUT2D eigenvalue weighted by Gasteiger charge is -2.25. The summed E-state index contributed by atoms with van der Waals surface area (Å²) in [6.45, 7) is 3.33. The van der Waals surface area contributed by atoms with Gasteiger partial charge in [0.15, 0.2) is 17.3 Å². The molecule has 8 nitrogen and oxygen atoms in total. The lowest BCUT2D eigenvalue weighted by atomic mass is 9.92. The minimum atomic E-state index is -1.03. The van der Waals surface area contributed by atoms with Crippen LogP contribution in [0, 0.1) is 5.92 Å². The molecule has 0 radical (unpaired) electrons. The zero-order valence-corrected chi connectivity index (χ0v) is 18.2. The molecule has 170 valence electrons. The predicted octanol–water partition coefficient (Wildman–Crippen LogP) is 4.95. The molecule has 2 aromatic carbocycles. The molecule has 0 fully saturated rings. The number of Topliss-reactive ketones (excluding diaryl/α,β-unsaturated/α-hetero) is 1. The Balaban J connectivity index is 2.17. The van der Waals surface area contributed by atoms with Gasteiger partial charge in [0.25, 0.3) is 0 Å². The van der Waals surface area contributed by atoms with E-state index in [9.17, 15) is 19.5 Å². The van der Waals surface area contributed by atoms with E-state index in [1.54, 1.807) is 36.4 Å². The fourth-order valence-corrected chi connectivity index (χ4v) is 3.14. The van der Waals surface area contributed by atoms with Crippen LogP contribution in [0.5, 0.6) is 11.5 Å². The third-order valence-corrected chi connectivity index (χ3v) is 4.87. The van der Waals surface area contributed by atoms with Crippen molar-refractivity contribution in [3.63, 3.8) is 0 Å². The Bertz CT molecular complexity index is 982. The van der Waals surface area contributed by atoms with Gasteiger partial charge in [-0.2, -0.15) is 0 Å². The number of anilines is 1. The second-order valence-electron chi connectivity index (χ2n) is 7.31. The number of carboxylic acids is 1. The third-order valence-electron chi connectivity index (χ3n) is 4.87. The van der Waals surface area contributed by atoms with Crippen molar-refractivity contribution in [1.29, 1.82) is 0 Å². The number of phenolic OH excluding ortho intramolecular Hbond substituents is 1. The Morgan fingerprint density at radius 3 is 2.38 bits per heavy atom. The molecule has 0 heterocycles. The first-order chi connectivity index (χ1) is 15.2. The van der Waals surface area contributed by atoms with Gasteiger partial charge in [-0.05, 0) is 67.6 Å². The van der Waals surface area contributed by atoms with Crippen molar-refractivity contribution >= 4 is 23.5 Å². The molecule has 0 aliphatic rings. The van der Waals surface area contributed by atoms with E-state index in [2.05, 4.69) is 5.32 Å². The number of hydrogen-bond donors (Lipinski definition) is 3. The molecule has 3 N–H and O–H groups in total. The van der Waals surface area contributed by atoms with E-state index in [-0.39, 0.29) is 17.5 Å². The molecule has 1 amide bonds. The van der Waals surface area contributed by atoms with Gasteiger partial charge in [0, 0.05) is 17.3 Å². The second-order valence-corrected chi connectivity index (χ2v) is 7.31. The van der Waals surface area contributed by atoms with Crippen LogP contribution in [0.2, 0.25) is 0 Å². The SMILES string of the molecule is COc1ccc([C@@H](OC(=O)Nc2ccc(C(C)=O)cc2)[C@H](C)CC/C=C/C(=O)O)cc1O. The Morgan fingerprint density at radius 1 is 1.12 bits per heavy atom. The molecule has 2 atom stereocenters. The van der Waals surface area contributed by atoms with E-state index in [1.165, 1.54) is 26.2 Å². The zero-order valence-electron chi connectivity index (χ0n) is 18.2. The number of amides is 1. The Kier molecular flexibility index (Phi) is 8.83. The van der Waals surface area contributed by atoms with Crippen LogP contribution >= 0.6 is 0 Å². The highest BCUT2D eigenvalue weighted by molar-refractivity contribution is 5.95. The van der Waals surface area contributed by atoms with E-state index < -0.39 is 18.2 Å². The van der Waals surface area contributed by atoms with Gasteiger partial charge in [-0.15, -0.1) is 0 Å². The van der Waals surface area contributed by atoms with Crippen molar-refractivity contribution in [3.8, 4) is 11.5 Å². The van der Waals surface area contributed by atoms with Gasteiger partial charge in [-0.25, -0.2) is 9.59 Å². The van der Waals surface area contributed by atoms with Crippen LogP contribution in [-0.4, -0.2) is 35.2 Å². The highest BCUT2D eigenvalue weighted by atomic mass is 16.6. The van der Waals surface area contributed by atoms with Crippen LogP contribution < -0.4 is 10.1 Å². The number of hydrogen-bond acceptors (Lipinski definition) is 6. The van der Waals surface area contributed by atoms with Crippen LogP contribution in [0.3, 0.4) is 0 Å². The molecule has 0 aliphatic carbocycles. The van der Waals surface area contributed by atoms with E-state index in [0.29, 0.717) is 35.4 Å². The van der Waals surface area contributed by atoms with Gasteiger partial charge >= 0.3 is 12.1 Å². The number of methoxy groups -OCH3 is 1. The number of phenols is 1. The van der Waals surface area contributed by atoms with Crippen molar-refractivity contribution in [2.24, 2.45) is 5.92 Å². The standard InChI is InChI=1S/C24H27NO7/c1-15(6-4-5-7-22(28)29)23(18-10-13-21(31-3)20(27)14-18)32-24(30)25-19-11-8-17(9-12-19)16(2)26/h5,7-15,23,27H,4,6H2,1-3H3,(H,25,30)(H,28,29)/b7-5+/t15-,23+/m1/s1. The summed E-state index contributed by atoms with van der Waals surface area (Å²) >= 11 is 0. The fourth-order valence-electron chi connectivity index (χ4n) is 3.14. The van der Waals surface area contributed by atoms with Crippen LogP contribution in [0.25, 0.3) is 0 Å². The number of allylic oxidation sites excluding steroid dienone is 1. The summed E-state index contributed by atoms with van der Waals surface area (Å²) in [4.78, 5) is 34.6. The smallest absolute Gasteiger partial charge is 0.412 e. The molecule has 0 spiro atoms. The summed E-state index contributed by atoms with van der Waals surface area (Å²) in [7, 11) is 1.44. The average Bonchev–Trinajstić information content (AvgIpc) is 2.75. The molecule has 0 bridgehead atoms. The number of carboxylic acid groups (broad SMARTS) is 1. The molecule has 0 aromatic heterocycles. The van der Waals surface area contributed by atoms with E-state index >= 15 is 0 Å². The minimum absolute atomic E-state index is 0.0794. The first-order valence-corrected chi connectivity index (χ1v) is 10.1. The first kappa shape index (κ1) is 24.5. The number of ketones is 1. The molecule has 0 saturated heterocycles. The number of rotatable bonds is 10. The van der Waals surface area contributed by atoms with Gasteiger partial charge in [0.05, 0.1) is 7.11 Å². The van der Waals surface area contributed by atoms with Crippen molar-refractivity contribution in [1.82, 2.24) is 0 Å². The van der Waals surface area contributed by atoms with Crippen molar-refractivity contribution in [2.45, 2.75) is 32.8 Å². The maximum Gasteiger partial charge on any atom is 0.412 e. The van der Waals surface area contributed by atoms with E-state index in [0.717, 1.165) is 6.08 Å². The summed E-state index contributed by atoms with van der Waals surface area (Å²) in [5.41, 5.74) is 1.56. The number of carbonyl (C=O) groups excluding carboxylic acids is 2. The molecular formula is C24H27NO7. The summed E-state index contributed by atoms with van der Waals surface area (Å²) in [5.74, 6) is -1.09. The Morgan fingerprint density at radius 2 is 1.81 bits per heavy atom. The molecular weight excluding hydrogens is 414 g/mol. The van der Waals surface area contributed by atoms with Crippen LogP contribution in [0.1, 0.15) is 48.7 Å². The highest BCUT2D eigenvalue weighted by Crippen LogP contribution is 2.35. The van der Waals surface area contributed by atoms with E-state index in [1.807, 2.05) is 6.92 Å². The summed E-state index contributed by atoms with van der Waals surface area (Å²) < 4.78 is 10.7. The van der Waals surface area contributed by atoms with Gasteiger partial charge in [0.1, 0.15) is 6.10 Å². The maximum atomic E-state index is 12.6. The van der Waals surface area contributed by atoms with Gasteiger partial charge in [-0.3, -0.25) is 10.1 Å². The molecule has 2 aromatic rings. The number of ether oxygens (including phenoxy) is 2. The molecule has 0 aliphatic heterocycles. The quantitative estimate of drug-likeness (QED) is 0.352. The monoisotopic (exact) mass is 441 g/mol. The minimum Gasteiger partial charge on any atom is -0.504 e. The van der Waals surface area contributed by atoms with E-state index in [4.69, 9.17) is 14.6 Å². The Labute approximate surface area is 186 Å². The number of aromatic hydroxyl groups is 1. The topological polar surface area (TPSA) is 122 Å². The summed E-state index contributed by atoms with van der Waals surface area (Å²) in [5, 5.41) is 21.5. The normalized spacial score (nSPS) is 12.7. The van der Waals surface area contributed by atoms with Crippen LogP contribution in [0.4, 0.5) is 10.5 Å².